The number of para-hydroxylation sites is 2. The molecule has 4 rings (SSSR count). The highest BCUT2D eigenvalue weighted by molar-refractivity contribution is 6.11. The van der Waals surface area contributed by atoms with Crippen molar-refractivity contribution in [2.75, 3.05) is 11.4 Å². The summed E-state index contributed by atoms with van der Waals surface area (Å²) < 4.78 is 1.94. The zero-order valence-electron chi connectivity index (χ0n) is 13.4. The molecule has 0 saturated heterocycles. The third-order valence-electron chi connectivity index (χ3n) is 4.74. The lowest BCUT2D eigenvalue weighted by Gasteiger charge is -2.22. The second-order valence-corrected chi connectivity index (χ2v) is 6.10. The van der Waals surface area contributed by atoms with Gasteiger partial charge in [-0.15, -0.1) is 6.58 Å². The quantitative estimate of drug-likeness (QED) is 0.755. The Kier molecular flexibility index (Phi) is 3.11. The molecule has 0 unspecified atom stereocenters. The first-order valence-electron chi connectivity index (χ1n) is 7.88. The number of hydrogen-bond acceptors (Lipinski definition) is 2. The Balaban J connectivity index is 2.02. The molecule has 24 heavy (non-hydrogen) atoms. The third-order valence-corrected chi connectivity index (χ3v) is 4.74. The van der Waals surface area contributed by atoms with Crippen molar-refractivity contribution in [2.24, 2.45) is 7.05 Å². The first-order chi connectivity index (χ1) is 11.6. The molecule has 120 valence electrons. The molecule has 1 N–H and O–H groups in total. The summed E-state index contributed by atoms with van der Waals surface area (Å²) in [6, 6.07) is 15.2. The van der Waals surface area contributed by atoms with Gasteiger partial charge in [0.2, 0.25) is 0 Å². The minimum Gasteiger partial charge on any atom is -0.372 e. The maximum Gasteiger partial charge on any atom is 0.268 e. The molecule has 4 nitrogen and oxygen atoms in total. The van der Waals surface area contributed by atoms with Crippen molar-refractivity contribution in [1.29, 1.82) is 0 Å². The summed E-state index contributed by atoms with van der Waals surface area (Å²) in [4.78, 5) is 14.7. The molecule has 0 bridgehead atoms. The van der Waals surface area contributed by atoms with Crippen LogP contribution in [0.5, 0.6) is 0 Å². The lowest BCUT2D eigenvalue weighted by Crippen LogP contribution is -2.41. The van der Waals surface area contributed by atoms with Crippen LogP contribution >= 0.6 is 0 Å². The van der Waals surface area contributed by atoms with Crippen molar-refractivity contribution in [3.05, 3.63) is 78.5 Å². The Labute approximate surface area is 140 Å². The largest absolute Gasteiger partial charge is 0.372 e. The molecule has 0 radical (unpaired) electrons. The van der Waals surface area contributed by atoms with E-state index >= 15 is 0 Å². The van der Waals surface area contributed by atoms with Gasteiger partial charge in [0.1, 0.15) is 0 Å². The molecule has 2 heterocycles. The van der Waals surface area contributed by atoms with Crippen molar-refractivity contribution in [2.45, 2.75) is 5.60 Å². The predicted octanol–water partition coefficient (Wildman–Crippen LogP) is 2.95. The highest BCUT2D eigenvalue weighted by atomic mass is 16.3. The SMILES string of the molecule is C=CCN1C(=O)[C@](O)(c2cn(C)c3ccccc23)c2ccccc21. The summed E-state index contributed by atoms with van der Waals surface area (Å²) in [7, 11) is 1.92. The maximum absolute atomic E-state index is 13.1. The molecule has 1 aliphatic heterocycles. The lowest BCUT2D eigenvalue weighted by atomic mass is 9.87. The summed E-state index contributed by atoms with van der Waals surface area (Å²) in [5.41, 5.74) is 1.27. The van der Waals surface area contributed by atoms with Gasteiger partial charge in [-0.05, 0) is 12.1 Å². The molecule has 1 amide bonds. The lowest BCUT2D eigenvalue weighted by molar-refractivity contribution is -0.131. The van der Waals surface area contributed by atoms with Crippen molar-refractivity contribution in [3.8, 4) is 0 Å². The van der Waals surface area contributed by atoms with Gasteiger partial charge in [0.05, 0.1) is 5.69 Å². The van der Waals surface area contributed by atoms with Gasteiger partial charge in [0.25, 0.3) is 5.91 Å². The molecule has 1 aliphatic rings. The van der Waals surface area contributed by atoms with E-state index < -0.39 is 5.60 Å². The number of benzene rings is 2. The average molecular weight is 318 g/mol. The Morgan fingerprint density at radius 1 is 1.12 bits per heavy atom. The van der Waals surface area contributed by atoms with E-state index in [1.165, 1.54) is 0 Å². The van der Waals surface area contributed by atoms with E-state index in [9.17, 15) is 9.90 Å². The number of aliphatic hydroxyl groups is 1. The third kappa shape index (κ3) is 1.74. The van der Waals surface area contributed by atoms with E-state index in [0.29, 0.717) is 17.7 Å². The van der Waals surface area contributed by atoms with Crippen molar-refractivity contribution in [1.82, 2.24) is 4.57 Å². The molecule has 1 aromatic heterocycles. The van der Waals surface area contributed by atoms with Gasteiger partial charge >= 0.3 is 0 Å². The van der Waals surface area contributed by atoms with E-state index in [1.54, 1.807) is 11.0 Å². The number of hydrogen-bond donors (Lipinski definition) is 1. The Morgan fingerprint density at radius 2 is 1.83 bits per heavy atom. The summed E-state index contributed by atoms with van der Waals surface area (Å²) in [5.74, 6) is -0.333. The number of nitrogens with zero attached hydrogens (tertiary/aromatic N) is 2. The first-order valence-corrected chi connectivity index (χ1v) is 7.88. The fourth-order valence-corrected chi connectivity index (χ4v) is 3.64. The molecule has 0 fully saturated rings. The summed E-state index contributed by atoms with van der Waals surface area (Å²) in [6.07, 6.45) is 3.51. The Hall–Kier alpha value is -2.85. The van der Waals surface area contributed by atoms with Crippen LogP contribution in [0.2, 0.25) is 0 Å². The molecule has 0 saturated carbocycles. The average Bonchev–Trinajstić information content (AvgIpc) is 3.05. The maximum atomic E-state index is 13.1. The van der Waals surface area contributed by atoms with Gasteiger partial charge in [0, 0.05) is 41.8 Å². The molecule has 4 heteroatoms. The summed E-state index contributed by atoms with van der Waals surface area (Å²) >= 11 is 0. The number of carbonyl (C=O) groups is 1. The second kappa shape index (κ2) is 5.08. The van der Waals surface area contributed by atoms with Crippen LogP contribution in [0, 0.1) is 0 Å². The summed E-state index contributed by atoms with van der Waals surface area (Å²) in [5, 5.41) is 12.4. The predicted molar refractivity (Wildman–Crippen MR) is 94.9 cm³/mol. The monoisotopic (exact) mass is 318 g/mol. The fraction of sp³-hybridized carbons (Fsp3) is 0.150. The number of fused-ring (bicyclic) bond motifs is 2. The standard InChI is InChI=1S/C20H18N2O2/c1-3-12-22-18-11-7-5-9-15(18)20(24,19(22)23)16-13-21(2)17-10-6-4-8-14(16)17/h3-11,13,24H,1,12H2,2H3/t20-/m1/s1. The van der Waals surface area contributed by atoms with Crippen LogP contribution < -0.4 is 4.90 Å². The normalized spacial score (nSPS) is 19.8. The van der Waals surface area contributed by atoms with Crippen LogP contribution in [0.1, 0.15) is 11.1 Å². The van der Waals surface area contributed by atoms with Gasteiger partial charge in [-0.3, -0.25) is 4.79 Å². The minimum absolute atomic E-state index is 0.333. The van der Waals surface area contributed by atoms with Crippen LogP contribution in [0.15, 0.2) is 67.4 Å². The topological polar surface area (TPSA) is 45.5 Å². The highest BCUT2D eigenvalue weighted by Gasteiger charge is 2.51. The number of anilines is 1. The van der Waals surface area contributed by atoms with Gasteiger partial charge in [-0.2, -0.15) is 0 Å². The number of aryl methyl sites for hydroxylation is 1. The minimum atomic E-state index is -1.68. The molecular formula is C20H18N2O2. The molecule has 0 spiro atoms. The molecule has 0 aliphatic carbocycles. The van der Waals surface area contributed by atoms with E-state index in [0.717, 1.165) is 16.6 Å². The number of aromatic nitrogens is 1. The van der Waals surface area contributed by atoms with Crippen LogP contribution in [-0.4, -0.2) is 22.1 Å². The van der Waals surface area contributed by atoms with Gasteiger partial charge in [-0.1, -0.05) is 42.5 Å². The van der Waals surface area contributed by atoms with Crippen molar-refractivity contribution < 1.29 is 9.90 Å². The van der Waals surface area contributed by atoms with Crippen molar-refractivity contribution in [3.63, 3.8) is 0 Å². The second-order valence-electron chi connectivity index (χ2n) is 6.10. The van der Waals surface area contributed by atoms with Gasteiger partial charge in [-0.25, -0.2) is 0 Å². The van der Waals surface area contributed by atoms with Crippen LogP contribution in [0.3, 0.4) is 0 Å². The van der Waals surface area contributed by atoms with E-state index in [2.05, 4.69) is 6.58 Å². The molecule has 1 atom stereocenters. The number of amides is 1. The zero-order chi connectivity index (χ0) is 16.9. The molecule has 2 aromatic carbocycles. The highest BCUT2D eigenvalue weighted by Crippen LogP contribution is 2.46. The van der Waals surface area contributed by atoms with Crippen molar-refractivity contribution >= 4 is 22.5 Å². The smallest absolute Gasteiger partial charge is 0.268 e. The van der Waals surface area contributed by atoms with E-state index in [1.807, 2.05) is 66.3 Å². The van der Waals surface area contributed by atoms with Gasteiger partial charge in [0.15, 0.2) is 5.60 Å². The van der Waals surface area contributed by atoms with Gasteiger partial charge < -0.3 is 14.6 Å². The number of carbonyl (C=O) groups excluding carboxylic acids is 1. The first kappa shape index (κ1) is 14.7. The summed E-state index contributed by atoms with van der Waals surface area (Å²) in [6.45, 7) is 4.09. The van der Waals surface area contributed by atoms with Crippen LogP contribution in [0.25, 0.3) is 10.9 Å². The Bertz CT molecular complexity index is 973. The van der Waals surface area contributed by atoms with Crippen LogP contribution in [0.4, 0.5) is 5.69 Å². The molecule has 3 aromatic rings. The fourth-order valence-electron chi connectivity index (χ4n) is 3.64. The zero-order valence-corrected chi connectivity index (χ0v) is 13.4. The van der Waals surface area contributed by atoms with E-state index in [-0.39, 0.29) is 5.91 Å². The molecular weight excluding hydrogens is 300 g/mol. The van der Waals surface area contributed by atoms with E-state index in [4.69, 9.17) is 0 Å². The van der Waals surface area contributed by atoms with Crippen LogP contribution in [-0.2, 0) is 17.4 Å². The Morgan fingerprint density at radius 3 is 2.62 bits per heavy atom. The number of rotatable bonds is 3.